The first-order chi connectivity index (χ1) is 10.9. The molecule has 1 aromatic rings. The summed E-state index contributed by atoms with van der Waals surface area (Å²) in [5.74, 6) is -0.642. The van der Waals surface area contributed by atoms with E-state index in [2.05, 4.69) is 6.58 Å². The van der Waals surface area contributed by atoms with Crippen LogP contribution < -0.4 is 4.74 Å². The molecule has 6 nitrogen and oxygen atoms in total. The molecule has 0 radical (unpaired) electrons. The normalized spacial score (nSPS) is 11.6. The molecule has 0 saturated carbocycles. The number of hydrogen-bond donors (Lipinski definition) is 1. The Morgan fingerprint density at radius 2 is 2.00 bits per heavy atom. The van der Waals surface area contributed by atoms with Crippen LogP contribution in [0.15, 0.2) is 36.9 Å². The van der Waals surface area contributed by atoms with Crippen LogP contribution in [0.1, 0.15) is 18.9 Å². The molecule has 6 heteroatoms. The molecular weight excluding hydrogens is 298 g/mol. The van der Waals surface area contributed by atoms with Crippen molar-refractivity contribution >= 4 is 11.9 Å². The molecule has 0 aromatic heterocycles. The van der Waals surface area contributed by atoms with Crippen molar-refractivity contribution in [2.75, 3.05) is 20.3 Å². The second-order valence-electron chi connectivity index (χ2n) is 5.11. The van der Waals surface area contributed by atoms with Gasteiger partial charge in [-0.25, -0.2) is 4.79 Å². The van der Waals surface area contributed by atoms with Gasteiger partial charge in [-0.3, -0.25) is 4.79 Å². The Hall–Kier alpha value is -2.34. The molecule has 1 atom stereocenters. The second kappa shape index (κ2) is 9.63. The maximum Gasteiger partial charge on any atom is 0.341 e. The minimum Gasteiger partial charge on any atom is -0.482 e. The number of ether oxygens (including phenoxy) is 2. The second-order valence-corrected chi connectivity index (χ2v) is 5.11. The van der Waals surface area contributed by atoms with Crippen LogP contribution in [0.25, 0.3) is 0 Å². The minimum absolute atomic E-state index is 0.0970. The monoisotopic (exact) mass is 321 g/mol. The van der Waals surface area contributed by atoms with E-state index in [0.717, 1.165) is 5.56 Å². The van der Waals surface area contributed by atoms with Crippen LogP contribution in [-0.2, 0) is 20.9 Å². The topological polar surface area (TPSA) is 76.1 Å². The first-order valence-electron chi connectivity index (χ1n) is 7.35. The van der Waals surface area contributed by atoms with Crippen molar-refractivity contribution in [1.82, 2.24) is 4.90 Å². The van der Waals surface area contributed by atoms with E-state index in [9.17, 15) is 9.59 Å². The summed E-state index contributed by atoms with van der Waals surface area (Å²) in [4.78, 5) is 24.2. The fourth-order valence-electron chi connectivity index (χ4n) is 1.90. The lowest BCUT2D eigenvalue weighted by molar-refractivity contribution is -0.142. The van der Waals surface area contributed by atoms with E-state index in [4.69, 9.17) is 14.6 Å². The van der Waals surface area contributed by atoms with Crippen molar-refractivity contribution in [3.8, 4) is 5.75 Å². The zero-order valence-electron chi connectivity index (χ0n) is 13.5. The fourth-order valence-corrected chi connectivity index (χ4v) is 1.90. The molecule has 1 amide bonds. The average molecular weight is 321 g/mol. The number of nitrogens with zero attached hydrogens (tertiary/aromatic N) is 1. The third kappa shape index (κ3) is 6.97. The van der Waals surface area contributed by atoms with E-state index in [0.29, 0.717) is 25.3 Å². The molecule has 0 aliphatic rings. The number of carbonyl (C=O) groups is 2. The van der Waals surface area contributed by atoms with Crippen LogP contribution in [0.4, 0.5) is 0 Å². The molecule has 1 N–H and O–H groups in total. The quantitative estimate of drug-likeness (QED) is 0.527. The number of carbonyl (C=O) groups excluding carboxylic acids is 1. The standard InChI is InChI=1S/C17H23NO5/c1-4-5-10-22-13(2)17(21)18(3)11-14-6-8-15(9-7-14)23-12-16(19)20/h4,6-9,13H,1,5,10-12H2,2-3H3,(H,19,20). The molecule has 0 aliphatic carbocycles. The Balaban J connectivity index is 2.49. The van der Waals surface area contributed by atoms with Gasteiger partial charge in [-0.1, -0.05) is 18.2 Å². The van der Waals surface area contributed by atoms with Crippen molar-refractivity contribution in [2.45, 2.75) is 26.0 Å². The molecule has 23 heavy (non-hydrogen) atoms. The smallest absolute Gasteiger partial charge is 0.341 e. The maximum absolute atomic E-state index is 12.2. The maximum atomic E-state index is 12.2. The Morgan fingerprint density at radius 3 is 2.57 bits per heavy atom. The summed E-state index contributed by atoms with van der Waals surface area (Å²) < 4.78 is 10.5. The van der Waals surface area contributed by atoms with E-state index < -0.39 is 12.1 Å². The predicted octanol–water partition coefficient (Wildman–Crippen LogP) is 2.09. The largest absolute Gasteiger partial charge is 0.482 e. The SMILES string of the molecule is C=CCCOC(C)C(=O)N(C)Cc1ccc(OCC(=O)O)cc1. The van der Waals surface area contributed by atoms with Crippen molar-refractivity contribution in [2.24, 2.45) is 0 Å². The van der Waals surface area contributed by atoms with Gasteiger partial charge in [-0.15, -0.1) is 6.58 Å². The summed E-state index contributed by atoms with van der Waals surface area (Å²) in [5.41, 5.74) is 0.918. The van der Waals surface area contributed by atoms with Gasteiger partial charge in [0.25, 0.3) is 5.91 Å². The third-order valence-electron chi connectivity index (χ3n) is 3.12. The lowest BCUT2D eigenvalue weighted by Gasteiger charge is -2.21. The Kier molecular flexibility index (Phi) is 7.83. The van der Waals surface area contributed by atoms with Crippen LogP contribution in [0.2, 0.25) is 0 Å². The molecule has 0 saturated heterocycles. The molecule has 0 aliphatic heterocycles. The number of rotatable bonds is 10. The molecule has 0 heterocycles. The highest BCUT2D eigenvalue weighted by atomic mass is 16.5. The van der Waals surface area contributed by atoms with Crippen molar-refractivity contribution in [1.29, 1.82) is 0 Å². The van der Waals surface area contributed by atoms with Crippen LogP contribution in [0.5, 0.6) is 5.75 Å². The summed E-state index contributed by atoms with van der Waals surface area (Å²) in [7, 11) is 1.71. The van der Waals surface area contributed by atoms with Crippen LogP contribution in [0, 0.1) is 0 Å². The van der Waals surface area contributed by atoms with Gasteiger partial charge in [0.05, 0.1) is 6.61 Å². The average Bonchev–Trinajstić information content (AvgIpc) is 2.53. The van der Waals surface area contributed by atoms with E-state index in [1.165, 1.54) is 0 Å². The highest BCUT2D eigenvalue weighted by Gasteiger charge is 2.17. The number of likely N-dealkylation sites (N-methyl/N-ethyl adjacent to an activating group) is 1. The van der Waals surface area contributed by atoms with Gasteiger partial charge in [0.1, 0.15) is 11.9 Å². The van der Waals surface area contributed by atoms with E-state index >= 15 is 0 Å². The molecule has 0 spiro atoms. The first kappa shape index (κ1) is 18.7. The lowest BCUT2D eigenvalue weighted by atomic mass is 10.2. The number of amides is 1. The number of aliphatic carboxylic acids is 1. The van der Waals surface area contributed by atoms with Crippen molar-refractivity contribution in [3.63, 3.8) is 0 Å². The number of benzene rings is 1. The van der Waals surface area contributed by atoms with Gasteiger partial charge in [0.15, 0.2) is 6.61 Å². The summed E-state index contributed by atoms with van der Waals surface area (Å²) in [6.45, 7) is 5.86. The predicted molar refractivity (Wildman–Crippen MR) is 86.3 cm³/mol. The van der Waals surface area contributed by atoms with Gasteiger partial charge in [0.2, 0.25) is 0 Å². The summed E-state index contributed by atoms with van der Waals surface area (Å²) >= 11 is 0. The van der Waals surface area contributed by atoms with Crippen LogP contribution in [0.3, 0.4) is 0 Å². The molecule has 1 aromatic carbocycles. The van der Waals surface area contributed by atoms with Gasteiger partial charge in [0, 0.05) is 13.6 Å². The highest BCUT2D eigenvalue weighted by Crippen LogP contribution is 2.14. The number of carboxylic acids is 1. The Morgan fingerprint density at radius 1 is 1.35 bits per heavy atom. The van der Waals surface area contributed by atoms with Crippen molar-refractivity contribution < 1.29 is 24.2 Å². The highest BCUT2D eigenvalue weighted by molar-refractivity contribution is 5.80. The Labute approximate surface area is 136 Å². The summed E-state index contributed by atoms with van der Waals surface area (Å²) in [5, 5.41) is 8.55. The molecule has 1 rings (SSSR count). The molecule has 0 bridgehead atoms. The van der Waals surface area contributed by atoms with E-state index in [-0.39, 0.29) is 12.5 Å². The molecule has 0 fully saturated rings. The lowest BCUT2D eigenvalue weighted by Crippen LogP contribution is -2.36. The molecule has 1 unspecified atom stereocenters. The minimum atomic E-state index is -1.02. The fraction of sp³-hybridized carbons (Fsp3) is 0.412. The number of hydrogen-bond acceptors (Lipinski definition) is 4. The van der Waals surface area contributed by atoms with Gasteiger partial charge in [-0.05, 0) is 31.0 Å². The molecular formula is C17H23NO5. The zero-order chi connectivity index (χ0) is 17.2. The number of carboxylic acid groups (broad SMARTS) is 1. The zero-order valence-corrected chi connectivity index (χ0v) is 13.5. The summed E-state index contributed by atoms with van der Waals surface area (Å²) in [6.07, 6.45) is 1.95. The van der Waals surface area contributed by atoms with E-state index in [1.54, 1.807) is 49.2 Å². The Bertz CT molecular complexity index is 526. The first-order valence-corrected chi connectivity index (χ1v) is 7.35. The van der Waals surface area contributed by atoms with Crippen LogP contribution in [-0.4, -0.2) is 48.2 Å². The van der Waals surface area contributed by atoms with Gasteiger partial charge < -0.3 is 19.5 Å². The van der Waals surface area contributed by atoms with E-state index in [1.807, 2.05) is 0 Å². The summed E-state index contributed by atoms with van der Waals surface area (Å²) in [6, 6.07) is 6.95. The van der Waals surface area contributed by atoms with Gasteiger partial charge >= 0.3 is 5.97 Å². The van der Waals surface area contributed by atoms with Gasteiger partial charge in [-0.2, -0.15) is 0 Å². The van der Waals surface area contributed by atoms with Crippen LogP contribution >= 0.6 is 0 Å². The van der Waals surface area contributed by atoms with Crippen molar-refractivity contribution in [3.05, 3.63) is 42.5 Å². The molecule has 126 valence electrons. The third-order valence-corrected chi connectivity index (χ3v) is 3.12.